The van der Waals surface area contributed by atoms with Crippen LogP contribution in [0, 0.1) is 0 Å². The Morgan fingerprint density at radius 2 is 1.90 bits per heavy atom. The van der Waals surface area contributed by atoms with Crippen LogP contribution in [0.2, 0.25) is 0 Å². The first-order valence-electron chi connectivity index (χ1n) is 7.58. The summed E-state index contributed by atoms with van der Waals surface area (Å²) in [6, 6.07) is -0.203. The monoisotopic (exact) mass is 318 g/mol. The minimum absolute atomic E-state index is 0.0723. The van der Waals surface area contributed by atoms with Crippen molar-refractivity contribution in [2.75, 3.05) is 38.7 Å². The van der Waals surface area contributed by atoms with Crippen molar-refractivity contribution in [2.45, 2.75) is 43.7 Å². The largest absolute Gasteiger partial charge is 0.389 e. The van der Waals surface area contributed by atoms with Crippen LogP contribution in [0.15, 0.2) is 0 Å². The summed E-state index contributed by atoms with van der Waals surface area (Å²) < 4.78 is 23.0. The molecule has 2 rings (SSSR count). The molecule has 0 spiro atoms. The van der Waals surface area contributed by atoms with Gasteiger partial charge in [-0.2, -0.15) is 0 Å². The molecule has 1 saturated carbocycles. The molecule has 21 heavy (non-hydrogen) atoms. The van der Waals surface area contributed by atoms with Gasteiger partial charge in [-0.05, 0) is 26.3 Å². The summed E-state index contributed by atoms with van der Waals surface area (Å²) in [4.78, 5) is 15.6. The van der Waals surface area contributed by atoms with Crippen molar-refractivity contribution in [1.29, 1.82) is 0 Å². The molecule has 0 radical (unpaired) electrons. The summed E-state index contributed by atoms with van der Waals surface area (Å²) >= 11 is 0. The molecule has 0 bridgehead atoms. The average molecular weight is 318 g/mol. The lowest BCUT2D eigenvalue weighted by atomic mass is 10.0. The van der Waals surface area contributed by atoms with E-state index in [1.807, 2.05) is 11.9 Å². The number of carbonyl (C=O) groups is 1. The Morgan fingerprint density at radius 3 is 2.43 bits per heavy atom. The minimum atomic E-state index is -2.98. The number of hydrogen-bond donors (Lipinski definition) is 1. The molecular weight excluding hydrogens is 292 g/mol. The van der Waals surface area contributed by atoms with Crippen molar-refractivity contribution >= 4 is 15.7 Å². The van der Waals surface area contributed by atoms with E-state index in [1.165, 1.54) is 0 Å². The van der Waals surface area contributed by atoms with Gasteiger partial charge in [-0.1, -0.05) is 12.8 Å². The topological polar surface area (TPSA) is 77.9 Å². The second-order valence-corrected chi connectivity index (χ2v) is 8.89. The Balaban J connectivity index is 1.83. The van der Waals surface area contributed by atoms with Crippen molar-refractivity contribution in [3.05, 3.63) is 0 Å². The Bertz CT molecular complexity index is 485. The summed E-state index contributed by atoms with van der Waals surface area (Å²) in [6.45, 7) is 0.713. The lowest BCUT2D eigenvalue weighted by Crippen LogP contribution is -2.46. The highest BCUT2D eigenvalue weighted by atomic mass is 32.2. The molecule has 0 aromatic rings. The highest BCUT2D eigenvalue weighted by Crippen LogP contribution is 2.29. The SMILES string of the molecule is CN(CC(=O)N(C)C1CCS(=O)(=O)C1)CC1(O)CCCC1. The third-order valence-corrected chi connectivity index (χ3v) is 6.40. The van der Waals surface area contributed by atoms with Gasteiger partial charge in [0.2, 0.25) is 5.91 Å². The maximum absolute atomic E-state index is 12.2. The molecule has 1 aliphatic heterocycles. The number of sulfone groups is 1. The van der Waals surface area contributed by atoms with Gasteiger partial charge in [-0.3, -0.25) is 9.69 Å². The molecule has 6 nitrogen and oxygen atoms in total. The second-order valence-electron chi connectivity index (χ2n) is 6.67. The van der Waals surface area contributed by atoms with Crippen LogP contribution in [0.3, 0.4) is 0 Å². The molecule has 2 fully saturated rings. The molecule has 1 amide bonds. The van der Waals surface area contributed by atoms with E-state index in [1.54, 1.807) is 11.9 Å². The Hall–Kier alpha value is -0.660. The number of likely N-dealkylation sites (N-methyl/N-ethyl adjacent to an activating group) is 2. The predicted molar refractivity (Wildman–Crippen MR) is 80.7 cm³/mol. The fourth-order valence-electron chi connectivity index (χ4n) is 3.38. The first-order valence-corrected chi connectivity index (χ1v) is 9.40. The summed E-state index contributed by atoms with van der Waals surface area (Å²) in [6.07, 6.45) is 4.19. The van der Waals surface area contributed by atoms with Crippen molar-refractivity contribution in [2.24, 2.45) is 0 Å². The molecule has 1 N–H and O–H groups in total. The van der Waals surface area contributed by atoms with Gasteiger partial charge in [-0.25, -0.2) is 8.42 Å². The van der Waals surface area contributed by atoms with E-state index >= 15 is 0 Å². The van der Waals surface area contributed by atoms with Crippen LogP contribution in [-0.2, 0) is 14.6 Å². The van der Waals surface area contributed by atoms with Crippen LogP contribution in [0.5, 0.6) is 0 Å². The first-order chi connectivity index (χ1) is 9.71. The van der Waals surface area contributed by atoms with Gasteiger partial charge in [-0.15, -0.1) is 0 Å². The molecule has 2 aliphatic rings. The molecule has 1 aliphatic carbocycles. The molecule has 1 atom stereocenters. The zero-order chi connectivity index (χ0) is 15.7. The van der Waals surface area contributed by atoms with Crippen LogP contribution >= 0.6 is 0 Å². The van der Waals surface area contributed by atoms with Gasteiger partial charge in [0.1, 0.15) is 0 Å². The van der Waals surface area contributed by atoms with Crippen LogP contribution in [0.1, 0.15) is 32.1 Å². The summed E-state index contributed by atoms with van der Waals surface area (Å²) in [7, 11) is 0.521. The van der Waals surface area contributed by atoms with E-state index in [2.05, 4.69) is 0 Å². The Morgan fingerprint density at radius 1 is 1.29 bits per heavy atom. The zero-order valence-electron chi connectivity index (χ0n) is 12.9. The molecule has 0 aromatic heterocycles. The van der Waals surface area contributed by atoms with E-state index in [-0.39, 0.29) is 30.0 Å². The highest BCUT2D eigenvalue weighted by Gasteiger charge is 2.35. The smallest absolute Gasteiger partial charge is 0.236 e. The quantitative estimate of drug-likeness (QED) is 0.764. The predicted octanol–water partition coefficient (Wildman–Crippen LogP) is -0.131. The van der Waals surface area contributed by atoms with Crippen molar-refractivity contribution in [3.63, 3.8) is 0 Å². The molecule has 1 saturated heterocycles. The van der Waals surface area contributed by atoms with E-state index in [0.717, 1.165) is 25.7 Å². The molecule has 122 valence electrons. The standard InChI is InChI=1S/C14H26N2O4S/c1-15(11-14(18)6-3-4-7-14)9-13(17)16(2)12-5-8-21(19,20)10-12/h12,18H,3-11H2,1-2H3. The summed E-state index contributed by atoms with van der Waals surface area (Å²) in [5, 5.41) is 10.3. The van der Waals surface area contributed by atoms with E-state index in [9.17, 15) is 18.3 Å². The Kier molecular flexibility index (Phi) is 4.95. The van der Waals surface area contributed by atoms with Crippen LogP contribution in [0.25, 0.3) is 0 Å². The van der Waals surface area contributed by atoms with E-state index in [0.29, 0.717) is 13.0 Å². The van der Waals surface area contributed by atoms with Crippen molar-refractivity contribution in [3.8, 4) is 0 Å². The van der Waals surface area contributed by atoms with Crippen LogP contribution < -0.4 is 0 Å². The summed E-state index contributed by atoms with van der Waals surface area (Å²) in [5.41, 5.74) is -0.662. The van der Waals surface area contributed by atoms with Gasteiger partial charge in [0.15, 0.2) is 9.84 Å². The Labute approximate surface area is 127 Å². The summed E-state index contributed by atoms with van der Waals surface area (Å²) in [5.74, 6) is 0.162. The van der Waals surface area contributed by atoms with E-state index in [4.69, 9.17) is 0 Å². The van der Waals surface area contributed by atoms with Gasteiger partial charge >= 0.3 is 0 Å². The highest BCUT2D eigenvalue weighted by molar-refractivity contribution is 7.91. The number of aliphatic hydroxyl groups is 1. The zero-order valence-corrected chi connectivity index (χ0v) is 13.7. The fourth-order valence-corrected chi connectivity index (χ4v) is 5.15. The van der Waals surface area contributed by atoms with Gasteiger partial charge in [0.25, 0.3) is 0 Å². The number of hydrogen-bond acceptors (Lipinski definition) is 5. The third-order valence-electron chi connectivity index (χ3n) is 4.65. The average Bonchev–Trinajstić information content (AvgIpc) is 2.94. The number of rotatable bonds is 5. The number of carbonyl (C=O) groups excluding carboxylic acids is 1. The van der Waals surface area contributed by atoms with Crippen LogP contribution in [0.4, 0.5) is 0 Å². The number of amides is 1. The van der Waals surface area contributed by atoms with Gasteiger partial charge < -0.3 is 10.0 Å². The van der Waals surface area contributed by atoms with E-state index < -0.39 is 15.4 Å². The first kappa shape index (κ1) is 16.7. The molecule has 7 heteroatoms. The maximum Gasteiger partial charge on any atom is 0.236 e. The van der Waals surface area contributed by atoms with Crippen LogP contribution in [-0.4, -0.2) is 79.6 Å². The fraction of sp³-hybridized carbons (Fsp3) is 0.929. The van der Waals surface area contributed by atoms with Gasteiger partial charge in [0, 0.05) is 19.6 Å². The lowest BCUT2D eigenvalue weighted by molar-refractivity contribution is -0.133. The van der Waals surface area contributed by atoms with Gasteiger partial charge in [0.05, 0.1) is 23.7 Å². The minimum Gasteiger partial charge on any atom is -0.389 e. The molecule has 0 aromatic carbocycles. The second kappa shape index (κ2) is 6.22. The molecule has 1 heterocycles. The lowest BCUT2D eigenvalue weighted by Gasteiger charge is -2.30. The van der Waals surface area contributed by atoms with Crippen molar-refractivity contribution in [1.82, 2.24) is 9.80 Å². The number of nitrogens with zero attached hydrogens (tertiary/aromatic N) is 2. The normalized spacial score (nSPS) is 27.1. The molecular formula is C14H26N2O4S. The third kappa shape index (κ3) is 4.40. The maximum atomic E-state index is 12.2. The molecule has 1 unspecified atom stereocenters. The van der Waals surface area contributed by atoms with Crippen molar-refractivity contribution < 1.29 is 18.3 Å².